The zero-order valence-electron chi connectivity index (χ0n) is 9.57. The second-order valence-electron chi connectivity index (χ2n) is 3.80. The second kappa shape index (κ2) is 3.92. The molecule has 0 N–H and O–H groups in total. The Morgan fingerprint density at radius 1 is 1.29 bits per heavy atom. The molecule has 0 saturated heterocycles. The van der Waals surface area contributed by atoms with Crippen molar-refractivity contribution >= 4 is 30.7 Å². The van der Waals surface area contributed by atoms with E-state index in [-0.39, 0.29) is 5.09 Å². The zero-order chi connectivity index (χ0) is 12.8. The number of halogens is 1. The molecule has 2 aromatic rings. The van der Waals surface area contributed by atoms with Gasteiger partial charge in [-0.25, -0.2) is 8.42 Å². The molecule has 4 nitrogen and oxygen atoms in total. The Morgan fingerprint density at radius 3 is 2.47 bits per heavy atom. The van der Waals surface area contributed by atoms with E-state index in [0.717, 1.165) is 5.56 Å². The van der Waals surface area contributed by atoms with Gasteiger partial charge in [-0.3, -0.25) is 0 Å². The lowest BCUT2D eigenvalue weighted by Crippen LogP contribution is -1.89. The lowest BCUT2D eigenvalue weighted by molar-refractivity contribution is 0.401. The summed E-state index contributed by atoms with van der Waals surface area (Å²) in [6.45, 7) is 3.54. The normalized spacial score (nSPS) is 12.0. The maximum Gasteiger partial charge on any atom is 0.294 e. The van der Waals surface area contributed by atoms with Crippen LogP contribution in [-0.4, -0.2) is 15.5 Å². The van der Waals surface area contributed by atoms with Crippen LogP contribution in [0.5, 0.6) is 5.75 Å². The van der Waals surface area contributed by atoms with Crippen LogP contribution in [0.2, 0.25) is 0 Å². The molecule has 6 heteroatoms. The molecule has 0 saturated carbocycles. The van der Waals surface area contributed by atoms with Crippen molar-refractivity contribution < 1.29 is 17.6 Å². The van der Waals surface area contributed by atoms with Crippen LogP contribution in [0.1, 0.15) is 11.1 Å². The number of hydrogen-bond acceptors (Lipinski definition) is 4. The summed E-state index contributed by atoms with van der Waals surface area (Å²) < 4.78 is 33.1. The van der Waals surface area contributed by atoms with E-state index < -0.39 is 9.05 Å². The first-order chi connectivity index (χ1) is 7.84. The molecule has 0 amide bonds. The minimum Gasteiger partial charge on any atom is -0.493 e. The molecule has 0 aliphatic rings. The number of hydrogen-bond donors (Lipinski definition) is 0. The third kappa shape index (κ3) is 2.00. The number of benzene rings is 1. The molecule has 2 rings (SSSR count). The van der Waals surface area contributed by atoms with E-state index in [2.05, 4.69) is 0 Å². The molecule has 0 spiro atoms. The number of furan rings is 1. The average molecular weight is 275 g/mol. The number of aryl methyl sites for hydroxylation is 2. The van der Waals surface area contributed by atoms with Gasteiger partial charge in [-0.1, -0.05) is 0 Å². The highest BCUT2D eigenvalue weighted by molar-refractivity contribution is 8.13. The summed E-state index contributed by atoms with van der Waals surface area (Å²) in [7, 11) is 2.93. The molecule has 1 heterocycles. The van der Waals surface area contributed by atoms with Crippen molar-refractivity contribution in [2.45, 2.75) is 18.9 Å². The molecule has 0 fully saturated rings. The SMILES string of the molecule is COc1cc(C)cc2c(C)c(S(=O)(=O)Cl)oc12. The lowest BCUT2D eigenvalue weighted by Gasteiger charge is -2.01. The summed E-state index contributed by atoms with van der Waals surface area (Å²) in [5.74, 6) is 0.495. The first-order valence-corrected chi connectivity index (χ1v) is 7.18. The number of fused-ring (bicyclic) bond motifs is 1. The summed E-state index contributed by atoms with van der Waals surface area (Å²) in [5.41, 5.74) is 1.85. The van der Waals surface area contributed by atoms with E-state index in [1.807, 2.05) is 13.0 Å². The summed E-state index contributed by atoms with van der Waals surface area (Å²) in [4.78, 5) is 0. The highest BCUT2D eigenvalue weighted by Crippen LogP contribution is 2.36. The van der Waals surface area contributed by atoms with Gasteiger partial charge in [0, 0.05) is 21.6 Å². The van der Waals surface area contributed by atoms with Crippen LogP contribution in [-0.2, 0) is 9.05 Å². The van der Waals surface area contributed by atoms with Gasteiger partial charge in [-0.15, -0.1) is 0 Å². The Labute approximate surface area is 104 Å². The minimum absolute atomic E-state index is 0.224. The van der Waals surface area contributed by atoms with Crippen LogP contribution in [0.25, 0.3) is 11.0 Å². The van der Waals surface area contributed by atoms with Crippen molar-refractivity contribution in [3.05, 3.63) is 23.3 Å². The van der Waals surface area contributed by atoms with E-state index >= 15 is 0 Å². The fraction of sp³-hybridized carbons (Fsp3) is 0.273. The van der Waals surface area contributed by atoms with Crippen LogP contribution < -0.4 is 4.74 Å². The maximum absolute atomic E-state index is 11.3. The number of ether oxygens (including phenoxy) is 1. The fourth-order valence-corrected chi connectivity index (χ4v) is 2.89. The summed E-state index contributed by atoms with van der Waals surface area (Å²) >= 11 is 0. The van der Waals surface area contributed by atoms with E-state index in [4.69, 9.17) is 19.8 Å². The molecular weight excluding hydrogens is 264 g/mol. The highest BCUT2D eigenvalue weighted by Gasteiger charge is 2.23. The van der Waals surface area contributed by atoms with E-state index in [0.29, 0.717) is 22.3 Å². The van der Waals surface area contributed by atoms with Crippen LogP contribution >= 0.6 is 10.7 Å². The standard InChI is InChI=1S/C11H11ClO4S/c1-6-4-8-7(2)11(17(12,13)14)16-10(8)9(5-6)15-3/h4-5H,1-3H3. The van der Waals surface area contributed by atoms with E-state index in [9.17, 15) is 8.42 Å². The largest absolute Gasteiger partial charge is 0.493 e. The van der Waals surface area contributed by atoms with Crippen molar-refractivity contribution in [2.75, 3.05) is 7.11 Å². The molecule has 0 atom stereocenters. The van der Waals surface area contributed by atoms with Gasteiger partial charge < -0.3 is 9.15 Å². The Bertz CT molecular complexity index is 685. The molecule has 0 radical (unpaired) electrons. The Morgan fingerprint density at radius 2 is 1.94 bits per heavy atom. The smallest absolute Gasteiger partial charge is 0.294 e. The molecule has 92 valence electrons. The van der Waals surface area contributed by atoms with Gasteiger partial charge in [0.25, 0.3) is 9.05 Å². The lowest BCUT2D eigenvalue weighted by atomic mass is 10.1. The van der Waals surface area contributed by atoms with Gasteiger partial charge >= 0.3 is 0 Å². The molecule has 0 aliphatic heterocycles. The highest BCUT2D eigenvalue weighted by atomic mass is 35.7. The monoisotopic (exact) mass is 274 g/mol. The Balaban J connectivity index is 2.91. The summed E-state index contributed by atoms with van der Waals surface area (Å²) in [5, 5.41) is 0.471. The maximum atomic E-state index is 11.3. The topological polar surface area (TPSA) is 56.5 Å². The average Bonchev–Trinajstić information content (AvgIpc) is 2.55. The van der Waals surface area contributed by atoms with Crippen molar-refractivity contribution in [1.29, 1.82) is 0 Å². The van der Waals surface area contributed by atoms with E-state index in [1.165, 1.54) is 7.11 Å². The van der Waals surface area contributed by atoms with Gasteiger partial charge in [0.15, 0.2) is 11.3 Å². The first-order valence-electron chi connectivity index (χ1n) is 4.87. The van der Waals surface area contributed by atoms with Crippen molar-refractivity contribution in [3.63, 3.8) is 0 Å². The van der Waals surface area contributed by atoms with Gasteiger partial charge in [0.05, 0.1) is 7.11 Å². The van der Waals surface area contributed by atoms with Crippen molar-refractivity contribution in [3.8, 4) is 5.75 Å². The van der Waals surface area contributed by atoms with Gasteiger partial charge in [-0.2, -0.15) is 0 Å². The predicted molar refractivity (Wildman–Crippen MR) is 65.3 cm³/mol. The third-order valence-electron chi connectivity index (χ3n) is 2.55. The third-order valence-corrected chi connectivity index (χ3v) is 3.80. The quantitative estimate of drug-likeness (QED) is 0.790. The molecule has 1 aromatic heterocycles. The summed E-state index contributed by atoms with van der Waals surface area (Å²) in [6.07, 6.45) is 0. The zero-order valence-corrected chi connectivity index (χ0v) is 11.1. The van der Waals surface area contributed by atoms with Gasteiger partial charge in [-0.05, 0) is 31.5 Å². The molecule has 0 unspecified atom stereocenters. The van der Waals surface area contributed by atoms with Crippen LogP contribution in [0.4, 0.5) is 0 Å². The number of methoxy groups -OCH3 is 1. The van der Waals surface area contributed by atoms with Crippen LogP contribution in [0, 0.1) is 13.8 Å². The molecule has 17 heavy (non-hydrogen) atoms. The predicted octanol–water partition coefficient (Wildman–Crippen LogP) is 2.99. The first kappa shape index (κ1) is 12.3. The van der Waals surface area contributed by atoms with Gasteiger partial charge in [0.1, 0.15) is 0 Å². The fourth-order valence-electron chi connectivity index (χ4n) is 1.79. The Kier molecular flexibility index (Phi) is 2.83. The van der Waals surface area contributed by atoms with Crippen molar-refractivity contribution in [2.24, 2.45) is 0 Å². The Hall–Kier alpha value is -1.20. The second-order valence-corrected chi connectivity index (χ2v) is 6.26. The molecule has 0 aliphatic carbocycles. The number of rotatable bonds is 2. The molecule has 1 aromatic carbocycles. The molecular formula is C11H11ClO4S. The van der Waals surface area contributed by atoms with Crippen molar-refractivity contribution in [1.82, 2.24) is 0 Å². The minimum atomic E-state index is -3.88. The van der Waals surface area contributed by atoms with Crippen LogP contribution in [0.3, 0.4) is 0 Å². The summed E-state index contributed by atoms with van der Waals surface area (Å²) in [6, 6.07) is 3.61. The van der Waals surface area contributed by atoms with E-state index in [1.54, 1.807) is 13.0 Å². The van der Waals surface area contributed by atoms with Crippen LogP contribution in [0.15, 0.2) is 21.6 Å². The van der Waals surface area contributed by atoms with Gasteiger partial charge in [0.2, 0.25) is 5.09 Å². The molecule has 0 bridgehead atoms.